The third-order valence-electron chi connectivity index (χ3n) is 2.34. The molecule has 0 heterocycles. The second-order valence-electron chi connectivity index (χ2n) is 3.80. The summed E-state index contributed by atoms with van der Waals surface area (Å²) >= 11 is 4.86. The number of halogens is 1. The van der Waals surface area contributed by atoms with Crippen LogP contribution >= 0.6 is 27.7 Å². The minimum atomic E-state index is -3.77. The van der Waals surface area contributed by atoms with Gasteiger partial charge in [-0.15, -0.1) is 0 Å². The lowest BCUT2D eigenvalue weighted by Crippen LogP contribution is -2.14. The van der Waals surface area contributed by atoms with Gasteiger partial charge in [0, 0.05) is 14.3 Å². The standard InChI is InChI=1S/C12H11BrN2O2S2/c13-8-1-3-9(4-2-8)18-10-5-6-12(11(14)7-10)19(15,16)17/h1-7H,14H2,(H2,15,16,17). The molecule has 2 rings (SSSR count). The van der Waals surface area contributed by atoms with Crippen molar-refractivity contribution in [2.24, 2.45) is 5.14 Å². The van der Waals surface area contributed by atoms with Crippen molar-refractivity contribution >= 4 is 43.4 Å². The van der Waals surface area contributed by atoms with E-state index in [4.69, 9.17) is 10.9 Å². The molecule has 0 bridgehead atoms. The first-order chi connectivity index (χ1) is 8.86. The van der Waals surface area contributed by atoms with Crippen molar-refractivity contribution in [3.8, 4) is 0 Å². The maximum absolute atomic E-state index is 11.2. The second-order valence-corrected chi connectivity index (χ2v) is 7.39. The van der Waals surface area contributed by atoms with Gasteiger partial charge in [-0.1, -0.05) is 27.7 Å². The number of nitrogens with two attached hydrogens (primary N) is 2. The van der Waals surface area contributed by atoms with Gasteiger partial charge in [-0.05, 0) is 42.5 Å². The number of primary sulfonamides is 1. The van der Waals surface area contributed by atoms with Gasteiger partial charge in [0.15, 0.2) is 0 Å². The molecule has 0 amide bonds. The molecule has 4 N–H and O–H groups in total. The number of hydrogen-bond acceptors (Lipinski definition) is 4. The van der Waals surface area contributed by atoms with Gasteiger partial charge in [-0.3, -0.25) is 0 Å². The molecule has 4 nitrogen and oxygen atoms in total. The molecule has 0 saturated carbocycles. The normalized spacial score (nSPS) is 11.5. The van der Waals surface area contributed by atoms with Crippen LogP contribution in [0.25, 0.3) is 0 Å². The van der Waals surface area contributed by atoms with E-state index in [1.54, 1.807) is 12.1 Å². The van der Waals surface area contributed by atoms with E-state index in [-0.39, 0.29) is 10.6 Å². The first-order valence-corrected chi connectivity index (χ1v) is 8.37. The molecule has 7 heteroatoms. The van der Waals surface area contributed by atoms with Crippen LogP contribution in [0.1, 0.15) is 0 Å². The first-order valence-electron chi connectivity index (χ1n) is 5.22. The summed E-state index contributed by atoms with van der Waals surface area (Å²) in [7, 11) is -3.77. The van der Waals surface area contributed by atoms with Crippen molar-refractivity contribution in [3.63, 3.8) is 0 Å². The Morgan fingerprint density at radius 2 is 1.58 bits per heavy atom. The average Bonchev–Trinajstić information content (AvgIpc) is 2.30. The number of anilines is 1. The van der Waals surface area contributed by atoms with Crippen LogP contribution < -0.4 is 10.9 Å². The Morgan fingerprint density at radius 3 is 2.11 bits per heavy atom. The summed E-state index contributed by atoms with van der Waals surface area (Å²) in [6.07, 6.45) is 0. The number of sulfonamides is 1. The SMILES string of the molecule is Nc1cc(Sc2ccc(Br)cc2)ccc1S(N)(=O)=O. The largest absolute Gasteiger partial charge is 0.398 e. The van der Waals surface area contributed by atoms with E-state index >= 15 is 0 Å². The van der Waals surface area contributed by atoms with Crippen molar-refractivity contribution in [3.05, 3.63) is 46.9 Å². The van der Waals surface area contributed by atoms with Gasteiger partial charge in [-0.2, -0.15) is 0 Å². The van der Waals surface area contributed by atoms with E-state index in [0.29, 0.717) is 0 Å². The van der Waals surface area contributed by atoms with Crippen LogP contribution in [0.4, 0.5) is 5.69 Å². The van der Waals surface area contributed by atoms with Crippen LogP contribution in [0.2, 0.25) is 0 Å². The molecule has 2 aromatic rings. The van der Waals surface area contributed by atoms with E-state index in [1.165, 1.54) is 17.8 Å². The highest BCUT2D eigenvalue weighted by molar-refractivity contribution is 9.10. The molecule has 100 valence electrons. The number of hydrogen-bond donors (Lipinski definition) is 2. The first kappa shape index (κ1) is 14.4. The molecule has 0 radical (unpaired) electrons. The van der Waals surface area contributed by atoms with E-state index in [0.717, 1.165) is 14.3 Å². The van der Waals surface area contributed by atoms with Crippen molar-refractivity contribution in [2.75, 3.05) is 5.73 Å². The van der Waals surface area contributed by atoms with Crippen LogP contribution in [0.3, 0.4) is 0 Å². The number of rotatable bonds is 3. The zero-order valence-electron chi connectivity index (χ0n) is 9.71. The maximum atomic E-state index is 11.2. The third-order valence-corrected chi connectivity index (χ3v) is 4.85. The molecule has 0 fully saturated rings. The van der Waals surface area contributed by atoms with Crippen molar-refractivity contribution in [2.45, 2.75) is 14.7 Å². The Hall–Kier alpha value is -1.02. The topological polar surface area (TPSA) is 86.2 Å². The molecule has 0 unspecified atom stereocenters. The van der Waals surface area contributed by atoms with Crippen molar-refractivity contribution < 1.29 is 8.42 Å². The molecule has 0 aliphatic rings. The summed E-state index contributed by atoms with van der Waals surface area (Å²) in [5, 5.41) is 5.06. The Balaban J connectivity index is 2.28. The highest BCUT2D eigenvalue weighted by atomic mass is 79.9. The summed E-state index contributed by atoms with van der Waals surface area (Å²) in [5.41, 5.74) is 5.86. The summed E-state index contributed by atoms with van der Waals surface area (Å²) < 4.78 is 23.5. The van der Waals surface area contributed by atoms with Gasteiger partial charge in [0.2, 0.25) is 10.0 Å². The summed E-state index contributed by atoms with van der Waals surface area (Å²) in [6, 6.07) is 12.5. The van der Waals surface area contributed by atoms with Crippen LogP contribution in [0, 0.1) is 0 Å². The predicted octanol–water partition coefficient (Wildman–Crippen LogP) is 2.83. The summed E-state index contributed by atoms with van der Waals surface area (Å²) in [6.45, 7) is 0. The fourth-order valence-electron chi connectivity index (χ4n) is 1.49. The fourth-order valence-corrected chi connectivity index (χ4v) is 3.26. The predicted molar refractivity (Wildman–Crippen MR) is 80.5 cm³/mol. The molecule has 0 aromatic heterocycles. The molecule has 19 heavy (non-hydrogen) atoms. The molecular formula is C12H11BrN2O2S2. The Bertz CT molecular complexity index is 700. The highest BCUT2D eigenvalue weighted by Crippen LogP contribution is 2.31. The van der Waals surface area contributed by atoms with E-state index in [1.807, 2.05) is 24.3 Å². The van der Waals surface area contributed by atoms with Crippen LogP contribution in [-0.2, 0) is 10.0 Å². The van der Waals surface area contributed by atoms with Crippen molar-refractivity contribution in [1.82, 2.24) is 0 Å². The fraction of sp³-hybridized carbons (Fsp3) is 0. The molecule has 0 aliphatic heterocycles. The second kappa shape index (κ2) is 5.54. The summed E-state index contributed by atoms with van der Waals surface area (Å²) in [4.78, 5) is 1.84. The molecule has 0 atom stereocenters. The van der Waals surface area contributed by atoms with Crippen LogP contribution in [0.15, 0.2) is 61.6 Å². The number of benzene rings is 2. The van der Waals surface area contributed by atoms with Gasteiger partial charge in [-0.25, -0.2) is 13.6 Å². The molecule has 2 aromatic carbocycles. The lowest BCUT2D eigenvalue weighted by atomic mass is 10.3. The minimum Gasteiger partial charge on any atom is -0.398 e. The smallest absolute Gasteiger partial charge is 0.240 e. The minimum absolute atomic E-state index is 0.0485. The zero-order chi connectivity index (χ0) is 14.0. The van der Waals surface area contributed by atoms with E-state index < -0.39 is 10.0 Å². The quantitative estimate of drug-likeness (QED) is 0.825. The molecule has 0 saturated heterocycles. The lowest BCUT2D eigenvalue weighted by Gasteiger charge is -2.06. The van der Waals surface area contributed by atoms with Gasteiger partial charge in [0.05, 0.1) is 5.69 Å². The van der Waals surface area contributed by atoms with Gasteiger partial charge in [0.25, 0.3) is 0 Å². The summed E-state index contributed by atoms with van der Waals surface area (Å²) in [5.74, 6) is 0. The molecular weight excluding hydrogens is 348 g/mol. The van der Waals surface area contributed by atoms with Crippen molar-refractivity contribution in [1.29, 1.82) is 0 Å². The van der Waals surface area contributed by atoms with Crippen LogP contribution in [-0.4, -0.2) is 8.42 Å². The average molecular weight is 359 g/mol. The van der Waals surface area contributed by atoms with Gasteiger partial charge < -0.3 is 5.73 Å². The molecule has 0 spiro atoms. The Labute approximate surface area is 124 Å². The van der Waals surface area contributed by atoms with Gasteiger partial charge >= 0.3 is 0 Å². The lowest BCUT2D eigenvalue weighted by molar-refractivity contribution is 0.598. The maximum Gasteiger partial charge on any atom is 0.240 e. The van der Waals surface area contributed by atoms with E-state index in [2.05, 4.69) is 15.9 Å². The molecule has 0 aliphatic carbocycles. The third kappa shape index (κ3) is 3.73. The Morgan fingerprint density at radius 1 is 1.00 bits per heavy atom. The zero-order valence-corrected chi connectivity index (χ0v) is 12.9. The van der Waals surface area contributed by atoms with Crippen LogP contribution in [0.5, 0.6) is 0 Å². The van der Waals surface area contributed by atoms with E-state index in [9.17, 15) is 8.42 Å². The monoisotopic (exact) mass is 358 g/mol. The highest BCUT2D eigenvalue weighted by Gasteiger charge is 2.12. The number of nitrogen functional groups attached to an aromatic ring is 1. The van der Waals surface area contributed by atoms with Gasteiger partial charge in [0.1, 0.15) is 4.90 Å². The Kier molecular flexibility index (Phi) is 4.19.